The monoisotopic (exact) mass is 494 g/mol. The number of likely N-dealkylation sites (tertiary alicyclic amines) is 1. The fourth-order valence-electron chi connectivity index (χ4n) is 3.46. The molecule has 0 spiro atoms. The fourth-order valence-corrected chi connectivity index (χ4v) is 5.24. The molecule has 2 amide bonds. The number of thiazole rings is 1. The smallest absolute Gasteiger partial charge is 0.326 e. The summed E-state index contributed by atoms with van der Waals surface area (Å²) in [5.74, 6) is -0.0719. The number of thioether (sulfide) groups is 1. The molecule has 2 heterocycles. The lowest BCUT2D eigenvalue weighted by atomic mass is 9.99. The van der Waals surface area contributed by atoms with E-state index in [-0.39, 0.29) is 41.1 Å². The Labute approximate surface area is 198 Å². The van der Waals surface area contributed by atoms with Crippen LogP contribution in [0.5, 0.6) is 0 Å². The van der Waals surface area contributed by atoms with Crippen LogP contribution in [0.1, 0.15) is 26.7 Å². The van der Waals surface area contributed by atoms with E-state index in [0.29, 0.717) is 16.1 Å². The Morgan fingerprint density at radius 2 is 2.00 bits per heavy atom. The van der Waals surface area contributed by atoms with Crippen molar-refractivity contribution in [3.05, 3.63) is 33.1 Å². The first-order chi connectivity index (χ1) is 15.8. The quantitative estimate of drug-likeness (QED) is 0.314. The van der Waals surface area contributed by atoms with Crippen molar-refractivity contribution in [1.82, 2.24) is 9.47 Å². The summed E-state index contributed by atoms with van der Waals surface area (Å²) in [5, 5.41) is 11.1. The number of piperidine rings is 1. The Bertz CT molecular complexity index is 1120. The van der Waals surface area contributed by atoms with E-state index in [2.05, 4.69) is 11.9 Å². The van der Waals surface area contributed by atoms with E-state index in [9.17, 15) is 24.5 Å². The Kier molecular flexibility index (Phi) is 8.61. The summed E-state index contributed by atoms with van der Waals surface area (Å²) in [7, 11) is 0. The zero-order chi connectivity index (χ0) is 24.0. The molecular weight excluding hydrogens is 468 g/mol. The second-order valence-electron chi connectivity index (χ2n) is 7.75. The van der Waals surface area contributed by atoms with Gasteiger partial charge >= 0.3 is 5.97 Å². The summed E-state index contributed by atoms with van der Waals surface area (Å²) >= 11 is 2.29. The number of carbonyl (C=O) groups excluding carboxylic acids is 3. The number of hydrogen-bond acceptors (Lipinski definition) is 8. The third-order valence-electron chi connectivity index (χ3n) is 5.28. The number of rotatable bonds is 8. The molecule has 178 valence electrons. The summed E-state index contributed by atoms with van der Waals surface area (Å²) in [5.41, 5.74) is 0.457. The number of hydrogen-bond donors (Lipinski definition) is 0. The van der Waals surface area contributed by atoms with Gasteiger partial charge in [-0.05, 0) is 31.7 Å². The highest BCUT2D eigenvalue weighted by Crippen LogP contribution is 2.23. The van der Waals surface area contributed by atoms with Crippen LogP contribution in [0.25, 0.3) is 10.2 Å². The Hall–Kier alpha value is -2.73. The van der Waals surface area contributed by atoms with Gasteiger partial charge in [0, 0.05) is 25.2 Å². The number of fused-ring (bicyclic) bond motifs is 1. The predicted molar refractivity (Wildman–Crippen MR) is 126 cm³/mol. The molecule has 0 bridgehead atoms. The Morgan fingerprint density at radius 3 is 2.67 bits per heavy atom. The fraction of sp³-hybridized carbons (Fsp3) is 0.524. The second-order valence-corrected chi connectivity index (χ2v) is 9.74. The molecule has 10 nitrogen and oxygen atoms in total. The number of benzene rings is 1. The molecular formula is C21H26N4O6S2. The van der Waals surface area contributed by atoms with Gasteiger partial charge < -0.3 is 14.2 Å². The molecule has 0 unspecified atom stereocenters. The molecule has 1 saturated heterocycles. The number of esters is 1. The lowest BCUT2D eigenvalue weighted by Gasteiger charge is -2.30. The minimum atomic E-state index is -0.506. The van der Waals surface area contributed by atoms with Gasteiger partial charge in [0.1, 0.15) is 6.54 Å². The molecule has 1 aromatic carbocycles. The van der Waals surface area contributed by atoms with Crippen molar-refractivity contribution in [3.63, 3.8) is 0 Å². The molecule has 3 rings (SSSR count). The standard InChI is InChI=1S/C21H26N4O6S2/c1-3-31-20(28)11-24-16-5-4-15(25(29)30)10-17(16)33-21(24)22-18(26)12-32-13-19(27)23-8-6-14(2)7-9-23/h4-5,10,14H,3,6-9,11-13H2,1-2H3. The van der Waals surface area contributed by atoms with Crippen molar-refractivity contribution < 1.29 is 24.0 Å². The SMILES string of the molecule is CCOC(=O)Cn1c(=NC(=O)CSCC(=O)N2CCC(C)CC2)sc2cc([N+](=O)[O-])ccc21. The first-order valence-corrected chi connectivity index (χ1v) is 12.6. The number of nitrogens with zero attached hydrogens (tertiary/aromatic N) is 4. The van der Waals surface area contributed by atoms with Gasteiger partial charge in [0.05, 0.1) is 33.3 Å². The number of aromatic nitrogens is 1. The maximum absolute atomic E-state index is 12.5. The molecule has 1 aromatic heterocycles. The molecule has 12 heteroatoms. The molecule has 0 atom stereocenters. The molecule has 1 fully saturated rings. The van der Waals surface area contributed by atoms with Gasteiger partial charge in [-0.3, -0.25) is 24.5 Å². The van der Waals surface area contributed by atoms with Gasteiger partial charge in [0.2, 0.25) is 5.91 Å². The lowest BCUT2D eigenvalue weighted by Crippen LogP contribution is -2.39. The third kappa shape index (κ3) is 6.64. The van der Waals surface area contributed by atoms with Crippen molar-refractivity contribution in [2.24, 2.45) is 10.9 Å². The van der Waals surface area contributed by atoms with E-state index < -0.39 is 16.8 Å². The predicted octanol–water partition coefficient (Wildman–Crippen LogP) is 2.59. The van der Waals surface area contributed by atoms with Crippen LogP contribution in [0, 0.1) is 16.0 Å². The summed E-state index contributed by atoms with van der Waals surface area (Å²) < 4.78 is 7.05. The van der Waals surface area contributed by atoms with Gasteiger partial charge in [0.25, 0.3) is 11.6 Å². The van der Waals surface area contributed by atoms with E-state index in [1.807, 2.05) is 4.90 Å². The Morgan fingerprint density at radius 1 is 1.27 bits per heavy atom. The Balaban J connectivity index is 1.73. The average Bonchev–Trinajstić information content (AvgIpc) is 3.10. The first-order valence-electron chi connectivity index (χ1n) is 10.6. The van der Waals surface area contributed by atoms with Crippen molar-refractivity contribution >= 4 is 56.8 Å². The molecule has 33 heavy (non-hydrogen) atoms. The summed E-state index contributed by atoms with van der Waals surface area (Å²) in [6.45, 7) is 5.41. The number of non-ortho nitro benzene ring substituents is 1. The number of ether oxygens (including phenoxy) is 1. The first kappa shape index (κ1) is 24.9. The van der Waals surface area contributed by atoms with E-state index in [1.165, 1.54) is 34.5 Å². The molecule has 1 aliphatic rings. The van der Waals surface area contributed by atoms with Crippen LogP contribution in [0.3, 0.4) is 0 Å². The largest absolute Gasteiger partial charge is 0.465 e. The van der Waals surface area contributed by atoms with Crippen molar-refractivity contribution in [2.45, 2.75) is 33.2 Å². The van der Waals surface area contributed by atoms with Crippen molar-refractivity contribution in [2.75, 3.05) is 31.2 Å². The maximum Gasteiger partial charge on any atom is 0.326 e. The van der Waals surface area contributed by atoms with Crippen LogP contribution in [-0.2, 0) is 25.7 Å². The number of amides is 2. The van der Waals surface area contributed by atoms with Gasteiger partial charge in [-0.1, -0.05) is 18.3 Å². The summed E-state index contributed by atoms with van der Waals surface area (Å²) in [6.07, 6.45) is 1.99. The molecule has 1 aliphatic heterocycles. The minimum Gasteiger partial charge on any atom is -0.465 e. The second kappa shape index (κ2) is 11.4. The number of nitro benzene ring substituents is 1. The highest BCUT2D eigenvalue weighted by atomic mass is 32.2. The van der Waals surface area contributed by atoms with Crippen LogP contribution in [0.2, 0.25) is 0 Å². The van der Waals surface area contributed by atoms with Gasteiger partial charge in [-0.25, -0.2) is 0 Å². The number of nitro groups is 1. The maximum atomic E-state index is 12.5. The zero-order valence-corrected chi connectivity index (χ0v) is 20.2. The van der Waals surface area contributed by atoms with Crippen LogP contribution in [0.4, 0.5) is 5.69 Å². The third-order valence-corrected chi connectivity index (χ3v) is 7.22. The molecule has 0 saturated carbocycles. The van der Waals surface area contributed by atoms with E-state index >= 15 is 0 Å². The van der Waals surface area contributed by atoms with Crippen LogP contribution in [0.15, 0.2) is 23.2 Å². The average molecular weight is 495 g/mol. The zero-order valence-electron chi connectivity index (χ0n) is 18.5. The summed E-state index contributed by atoms with van der Waals surface area (Å²) in [4.78, 5) is 53.7. The highest BCUT2D eigenvalue weighted by Gasteiger charge is 2.20. The molecule has 0 aliphatic carbocycles. The van der Waals surface area contributed by atoms with Crippen LogP contribution < -0.4 is 4.80 Å². The molecule has 0 N–H and O–H groups in total. The lowest BCUT2D eigenvalue weighted by molar-refractivity contribution is -0.384. The minimum absolute atomic E-state index is 0.0176. The van der Waals surface area contributed by atoms with E-state index in [0.717, 1.165) is 37.3 Å². The van der Waals surface area contributed by atoms with Gasteiger partial charge in [-0.15, -0.1) is 11.8 Å². The number of carbonyl (C=O) groups is 3. The van der Waals surface area contributed by atoms with Gasteiger partial charge in [-0.2, -0.15) is 4.99 Å². The highest BCUT2D eigenvalue weighted by molar-refractivity contribution is 8.00. The van der Waals surface area contributed by atoms with Crippen LogP contribution in [-0.4, -0.2) is 63.4 Å². The van der Waals surface area contributed by atoms with E-state index in [1.54, 1.807) is 6.92 Å². The molecule has 2 aromatic rings. The van der Waals surface area contributed by atoms with Crippen LogP contribution >= 0.6 is 23.1 Å². The van der Waals surface area contributed by atoms with Gasteiger partial charge in [0.15, 0.2) is 4.80 Å². The van der Waals surface area contributed by atoms with Crippen molar-refractivity contribution in [3.8, 4) is 0 Å². The topological polar surface area (TPSA) is 124 Å². The van der Waals surface area contributed by atoms with Crippen molar-refractivity contribution in [1.29, 1.82) is 0 Å². The molecule has 0 radical (unpaired) electrons. The normalized spacial score (nSPS) is 15.1. The summed E-state index contributed by atoms with van der Waals surface area (Å²) in [6, 6.07) is 4.25. The van der Waals surface area contributed by atoms with E-state index in [4.69, 9.17) is 4.74 Å².